The van der Waals surface area contributed by atoms with E-state index in [1.54, 1.807) is 0 Å². The van der Waals surface area contributed by atoms with Crippen molar-refractivity contribution >= 4 is 5.97 Å². The van der Waals surface area contributed by atoms with Gasteiger partial charge in [-0.3, -0.25) is 4.79 Å². The van der Waals surface area contributed by atoms with Crippen LogP contribution in [0.25, 0.3) is 0 Å². The molecule has 1 aliphatic rings. The fourth-order valence-corrected chi connectivity index (χ4v) is 1.49. The SMILES string of the molecule is CC(C)CCOC1CN[C@@H](C(=O)O)C1. The van der Waals surface area contributed by atoms with Gasteiger partial charge >= 0.3 is 5.97 Å². The Morgan fingerprint density at radius 2 is 2.36 bits per heavy atom. The highest BCUT2D eigenvalue weighted by Gasteiger charge is 2.29. The lowest BCUT2D eigenvalue weighted by atomic mass is 10.1. The number of carboxylic acid groups (broad SMARTS) is 1. The Morgan fingerprint density at radius 1 is 1.64 bits per heavy atom. The molecule has 0 aromatic rings. The van der Waals surface area contributed by atoms with Gasteiger partial charge in [-0.25, -0.2) is 0 Å². The van der Waals surface area contributed by atoms with Crippen LogP contribution in [0.3, 0.4) is 0 Å². The molecule has 1 fully saturated rings. The van der Waals surface area contributed by atoms with Crippen LogP contribution in [0.4, 0.5) is 0 Å². The molecule has 1 aliphatic heterocycles. The van der Waals surface area contributed by atoms with Gasteiger partial charge in [0.15, 0.2) is 0 Å². The Balaban J connectivity index is 2.13. The summed E-state index contributed by atoms with van der Waals surface area (Å²) in [6.45, 7) is 5.69. The Hall–Kier alpha value is -0.610. The van der Waals surface area contributed by atoms with Crippen LogP contribution in [0.1, 0.15) is 26.7 Å². The summed E-state index contributed by atoms with van der Waals surface area (Å²) in [6, 6.07) is -0.418. The van der Waals surface area contributed by atoms with Crippen LogP contribution in [0.5, 0.6) is 0 Å². The smallest absolute Gasteiger partial charge is 0.320 e. The van der Waals surface area contributed by atoms with Crippen molar-refractivity contribution in [3.8, 4) is 0 Å². The molecule has 0 aliphatic carbocycles. The minimum Gasteiger partial charge on any atom is -0.480 e. The van der Waals surface area contributed by atoms with Crippen LogP contribution >= 0.6 is 0 Å². The first-order chi connectivity index (χ1) is 6.59. The molecule has 0 spiro atoms. The Kier molecular flexibility index (Phi) is 4.35. The maximum absolute atomic E-state index is 10.6. The van der Waals surface area contributed by atoms with Crippen LogP contribution < -0.4 is 5.32 Å². The van der Waals surface area contributed by atoms with Gasteiger partial charge in [-0.15, -0.1) is 0 Å². The van der Waals surface area contributed by atoms with Crippen LogP contribution in [0, 0.1) is 5.92 Å². The number of hydrogen-bond donors (Lipinski definition) is 2. The summed E-state index contributed by atoms with van der Waals surface area (Å²) in [5.41, 5.74) is 0. The summed E-state index contributed by atoms with van der Waals surface area (Å²) in [5, 5.41) is 11.6. The lowest BCUT2D eigenvalue weighted by Crippen LogP contribution is -2.29. The van der Waals surface area contributed by atoms with E-state index < -0.39 is 12.0 Å². The third-order valence-corrected chi connectivity index (χ3v) is 2.44. The third kappa shape index (κ3) is 3.64. The number of nitrogens with one attached hydrogen (secondary N) is 1. The van der Waals surface area contributed by atoms with Gasteiger partial charge in [-0.2, -0.15) is 0 Å². The number of rotatable bonds is 5. The molecule has 0 radical (unpaired) electrons. The number of aliphatic carboxylic acids is 1. The van der Waals surface area contributed by atoms with Crippen molar-refractivity contribution < 1.29 is 14.6 Å². The van der Waals surface area contributed by atoms with Crippen molar-refractivity contribution in [1.82, 2.24) is 5.32 Å². The van der Waals surface area contributed by atoms with Crippen molar-refractivity contribution in [3.63, 3.8) is 0 Å². The molecule has 82 valence electrons. The standard InChI is InChI=1S/C10H19NO3/c1-7(2)3-4-14-8-5-9(10(12)13)11-6-8/h7-9,11H,3-6H2,1-2H3,(H,12,13)/t8?,9-/m1/s1. The molecule has 4 nitrogen and oxygen atoms in total. The highest BCUT2D eigenvalue weighted by Crippen LogP contribution is 2.11. The summed E-state index contributed by atoms with van der Waals surface area (Å²) < 4.78 is 5.57. The van der Waals surface area contributed by atoms with E-state index in [0.29, 0.717) is 18.9 Å². The minimum absolute atomic E-state index is 0.0786. The van der Waals surface area contributed by atoms with Gasteiger partial charge in [0, 0.05) is 19.6 Å². The zero-order chi connectivity index (χ0) is 10.6. The van der Waals surface area contributed by atoms with Gasteiger partial charge in [-0.1, -0.05) is 13.8 Å². The molecule has 1 saturated heterocycles. The molecule has 0 amide bonds. The molecular formula is C10H19NO3. The highest BCUT2D eigenvalue weighted by atomic mass is 16.5. The predicted molar refractivity (Wildman–Crippen MR) is 53.2 cm³/mol. The van der Waals surface area contributed by atoms with Crippen molar-refractivity contribution in [1.29, 1.82) is 0 Å². The first-order valence-electron chi connectivity index (χ1n) is 5.17. The number of hydrogen-bond acceptors (Lipinski definition) is 3. The molecule has 1 heterocycles. The van der Waals surface area contributed by atoms with E-state index in [1.807, 2.05) is 0 Å². The summed E-state index contributed by atoms with van der Waals surface area (Å²) in [4.78, 5) is 10.6. The molecular weight excluding hydrogens is 182 g/mol. The maximum atomic E-state index is 10.6. The number of carbonyl (C=O) groups is 1. The molecule has 0 aromatic heterocycles. The quantitative estimate of drug-likeness (QED) is 0.692. The van der Waals surface area contributed by atoms with Gasteiger partial charge in [0.25, 0.3) is 0 Å². The Morgan fingerprint density at radius 3 is 2.86 bits per heavy atom. The Bertz CT molecular complexity index is 194. The fourth-order valence-electron chi connectivity index (χ4n) is 1.49. The summed E-state index contributed by atoms with van der Waals surface area (Å²) in [6.07, 6.45) is 1.71. The second-order valence-electron chi connectivity index (χ2n) is 4.21. The summed E-state index contributed by atoms with van der Waals surface area (Å²) in [7, 11) is 0. The van der Waals surface area contributed by atoms with E-state index in [-0.39, 0.29) is 6.10 Å². The molecule has 2 N–H and O–H groups in total. The average Bonchev–Trinajstić information content (AvgIpc) is 2.52. The molecule has 4 heteroatoms. The first kappa shape index (κ1) is 11.5. The van der Waals surface area contributed by atoms with Crippen molar-refractivity contribution in [2.75, 3.05) is 13.2 Å². The van der Waals surface area contributed by atoms with Crippen LogP contribution in [-0.2, 0) is 9.53 Å². The zero-order valence-corrected chi connectivity index (χ0v) is 8.82. The van der Waals surface area contributed by atoms with E-state index in [2.05, 4.69) is 19.2 Å². The lowest BCUT2D eigenvalue weighted by Gasteiger charge is -2.11. The topological polar surface area (TPSA) is 58.6 Å². The molecule has 1 rings (SSSR count). The third-order valence-electron chi connectivity index (χ3n) is 2.44. The van der Waals surface area contributed by atoms with Crippen molar-refractivity contribution in [2.45, 2.75) is 38.8 Å². The van der Waals surface area contributed by atoms with Crippen LogP contribution in [0.2, 0.25) is 0 Å². The summed E-state index contributed by atoms with van der Waals surface area (Å²) in [5.74, 6) is -0.139. The molecule has 0 saturated carbocycles. The maximum Gasteiger partial charge on any atom is 0.320 e. The van der Waals surface area contributed by atoms with Gasteiger partial charge in [-0.05, 0) is 12.3 Å². The fraction of sp³-hybridized carbons (Fsp3) is 0.900. The van der Waals surface area contributed by atoms with Crippen molar-refractivity contribution in [3.05, 3.63) is 0 Å². The highest BCUT2D eigenvalue weighted by molar-refractivity contribution is 5.73. The molecule has 1 unspecified atom stereocenters. The lowest BCUT2D eigenvalue weighted by molar-refractivity contribution is -0.139. The molecule has 14 heavy (non-hydrogen) atoms. The van der Waals surface area contributed by atoms with Gasteiger partial charge < -0.3 is 15.2 Å². The largest absolute Gasteiger partial charge is 0.480 e. The van der Waals surface area contributed by atoms with E-state index in [9.17, 15) is 4.79 Å². The van der Waals surface area contributed by atoms with Gasteiger partial charge in [0.05, 0.1) is 6.10 Å². The monoisotopic (exact) mass is 201 g/mol. The normalized spacial score (nSPS) is 27.1. The van der Waals surface area contributed by atoms with Crippen LogP contribution in [-0.4, -0.2) is 36.4 Å². The van der Waals surface area contributed by atoms with E-state index in [0.717, 1.165) is 13.0 Å². The van der Waals surface area contributed by atoms with Crippen molar-refractivity contribution in [2.24, 2.45) is 5.92 Å². The van der Waals surface area contributed by atoms with E-state index >= 15 is 0 Å². The number of ether oxygens (including phenoxy) is 1. The second kappa shape index (κ2) is 5.32. The van der Waals surface area contributed by atoms with Crippen LogP contribution in [0.15, 0.2) is 0 Å². The molecule has 0 aromatic carbocycles. The minimum atomic E-state index is -0.778. The van der Waals surface area contributed by atoms with E-state index in [4.69, 9.17) is 9.84 Å². The Labute approximate surface area is 84.6 Å². The molecule has 0 bridgehead atoms. The van der Waals surface area contributed by atoms with Gasteiger partial charge in [0.2, 0.25) is 0 Å². The van der Waals surface area contributed by atoms with Gasteiger partial charge in [0.1, 0.15) is 6.04 Å². The average molecular weight is 201 g/mol. The second-order valence-corrected chi connectivity index (χ2v) is 4.21. The number of carboxylic acids is 1. The summed E-state index contributed by atoms with van der Waals surface area (Å²) >= 11 is 0. The zero-order valence-electron chi connectivity index (χ0n) is 8.82. The molecule has 2 atom stereocenters. The van der Waals surface area contributed by atoms with E-state index in [1.165, 1.54) is 0 Å². The predicted octanol–water partition coefficient (Wildman–Crippen LogP) is 0.864. The first-order valence-corrected chi connectivity index (χ1v) is 5.17.